The zero-order valence-electron chi connectivity index (χ0n) is 8.58. The summed E-state index contributed by atoms with van der Waals surface area (Å²) in [6, 6.07) is 1.16. The summed E-state index contributed by atoms with van der Waals surface area (Å²) in [5.41, 5.74) is 5.18. The first-order valence-electron chi connectivity index (χ1n) is 4.09. The van der Waals surface area contributed by atoms with Crippen LogP contribution in [-0.2, 0) is 0 Å². The molecule has 86 valence electrons. The number of thiophene rings is 1. The summed E-state index contributed by atoms with van der Waals surface area (Å²) < 4.78 is 0. The molecule has 0 unspecified atom stereocenters. The highest BCUT2D eigenvalue weighted by atomic mass is 32.1. The molecule has 0 aromatic carbocycles. The van der Waals surface area contributed by atoms with Crippen molar-refractivity contribution in [2.45, 2.75) is 0 Å². The van der Waals surface area contributed by atoms with Gasteiger partial charge in [-0.2, -0.15) is 0 Å². The SMILES string of the molecule is CN(C)N=Nc1cc([N+](=O)[O-])sc1C(N)=O. The minimum absolute atomic E-state index is 0.0253. The second kappa shape index (κ2) is 4.66. The van der Waals surface area contributed by atoms with Crippen molar-refractivity contribution >= 4 is 27.9 Å². The molecule has 0 aliphatic carbocycles. The quantitative estimate of drug-likeness (QED) is 0.487. The van der Waals surface area contributed by atoms with Crippen molar-refractivity contribution in [3.63, 3.8) is 0 Å². The van der Waals surface area contributed by atoms with Crippen LogP contribution in [0.4, 0.5) is 10.7 Å². The van der Waals surface area contributed by atoms with E-state index in [1.165, 1.54) is 5.01 Å². The number of nitrogens with two attached hydrogens (primary N) is 1. The number of hydrogen-bond acceptors (Lipinski definition) is 6. The van der Waals surface area contributed by atoms with Crippen molar-refractivity contribution in [2.75, 3.05) is 14.1 Å². The molecule has 1 aromatic heterocycles. The summed E-state index contributed by atoms with van der Waals surface area (Å²) in [4.78, 5) is 20.9. The highest BCUT2D eigenvalue weighted by Gasteiger charge is 2.20. The van der Waals surface area contributed by atoms with Crippen LogP contribution in [0.5, 0.6) is 0 Å². The number of carbonyl (C=O) groups is 1. The van der Waals surface area contributed by atoms with Crippen LogP contribution in [0, 0.1) is 10.1 Å². The Bertz CT molecular complexity index is 453. The van der Waals surface area contributed by atoms with Crippen molar-refractivity contribution < 1.29 is 9.72 Å². The average molecular weight is 243 g/mol. The fourth-order valence-corrected chi connectivity index (χ4v) is 1.61. The third kappa shape index (κ3) is 2.73. The lowest BCUT2D eigenvalue weighted by Gasteiger charge is -1.99. The van der Waals surface area contributed by atoms with E-state index in [-0.39, 0.29) is 15.6 Å². The molecule has 1 aromatic rings. The standard InChI is InChI=1S/C7H9N5O3S/c1-11(2)10-9-4-3-5(12(14)15)16-6(4)7(8)13/h3H,1-2H3,(H2,8,13). The van der Waals surface area contributed by atoms with Gasteiger partial charge in [-0.25, -0.2) is 0 Å². The van der Waals surface area contributed by atoms with Crippen molar-refractivity contribution in [1.82, 2.24) is 5.01 Å². The number of hydrogen-bond donors (Lipinski definition) is 1. The van der Waals surface area contributed by atoms with E-state index in [9.17, 15) is 14.9 Å². The lowest BCUT2D eigenvalue weighted by Crippen LogP contribution is -2.08. The molecule has 0 saturated carbocycles. The average Bonchev–Trinajstić information content (AvgIpc) is 2.58. The van der Waals surface area contributed by atoms with Gasteiger partial charge in [-0.15, -0.1) is 5.11 Å². The number of amides is 1. The first kappa shape index (κ1) is 12.0. The van der Waals surface area contributed by atoms with Gasteiger partial charge in [-0.05, 0) is 0 Å². The van der Waals surface area contributed by atoms with Crippen molar-refractivity contribution in [3.05, 3.63) is 21.1 Å². The summed E-state index contributed by atoms with van der Waals surface area (Å²) in [6.07, 6.45) is 0. The first-order valence-corrected chi connectivity index (χ1v) is 4.90. The van der Waals surface area contributed by atoms with E-state index in [0.717, 1.165) is 6.07 Å². The van der Waals surface area contributed by atoms with E-state index >= 15 is 0 Å². The van der Waals surface area contributed by atoms with Gasteiger partial charge in [0.15, 0.2) is 0 Å². The van der Waals surface area contributed by atoms with Crippen molar-refractivity contribution in [1.29, 1.82) is 0 Å². The van der Waals surface area contributed by atoms with Crippen LogP contribution in [0.2, 0.25) is 0 Å². The number of carbonyl (C=O) groups excluding carboxylic acids is 1. The molecule has 0 bridgehead atoms. The summed E-state index contributed by atoms with van der Waals surface area (Å²) in [6.45, 7) is 0. The van der Waals surface area contributed by atoms with Gasteiger partial charge in [-0.1, -0.05) is 16.6 Å². The Hall–Kier alpha value is -2.03. The fourth-order valence-electron chi connectivity index (χ4n) is 0.847. The Morgan fingerprint density at radius 1 is 1.62 bits per heavy atom. The monoisotopic (exact) mass is 243 g/mol. The van der Waals surface area contributed by atoms with Gasteiger partial charge in [0.2, 0.25) is 0 Å². The van der Waals surface area contributed by atoms with Crippen molar-refractivity contribution in [2.24, 2.45) is 16.1 Å². The summed E-state index contributed by atoms with van der Waals surface area (Å²) in [5.74, 6) is -0.759. The lowest BCUT2D eigenvalue weighted by atomic mass is 10.4. The number of rotatable bonds is 4. The van der Waals surface area contributed by atoms with E-state index in [1.807, 2.05) is 0 Å². The molecule has 1 heterocycles. The van der Waals surface area contributed by atoms with Gasteiger partial charge in [0.1, 0.15) is 10.6 Å². The topological polar surface area (TPSA) is 114 Å². The highest BCUT2D eigenvalue weighted by Crippen LogP contribution is 2.34. The molecule has 0 aliphatic rings. The molecular formula is C7H9N5O3S. The Balaban J connectivity index is 3.15. The Kier molecular flexibility index (Phi) is 3.51. The lowest BCUT2D eigenvalue weighted by molar-refractivity contribution is -0.380. The van der Waals surface area contributed by atoms with Crippen LogP contribution < -0.4 is 5.73 Å². The van der Waals surface area contributed by atoms with Gasteiger partial charge in [0.05, 0.1) is 11.0 Å². The second-order valence-corrected chi connectivity index (χ2v) is 3.99. The maximum absolute atomic E-state index is 11.0. The molecule has 2 N–H and O–H groups in total. The minimum atomic E-state index is -0.759. The van der Waals surface area contributed by atoms with E-state index in [2.05, 4.69) is 10.3 Å². The molecule has 0 spiro atoms. The zero-order chi connectivity index (χ0) is 12.3. The molecule has 1 amide bonds. The third-order valence-corrected chi connectivity index (χ3v) is 2.53. The van der Waals surface area contributed by atoms with Crippen LogP contribution in [0.1, 0.15) is 9.67 Å². The first-order chi connectivity index (χ1) is 7.41. The predicted molar refractivity (Wildman–Crippen MR) is 57.7 cm³/mol. The number of nitro groups is 1. The predicted octanol–water partition coefficient (Wildman–Crippen LogP) is 1.32. The molecule has 0 radical (unpaired) electrons. The number of primary amides is 1. The molecule has 0 fully saturated rings. The molecule has 9 heteroatoms. The van der Waals surface area contributed by atoms with Gasteiger partial charge < -0.3 is 5.73 Å². The van der Waals surface area contributed by atoms with E-state index in [1.54, 1.807) is 14.1 Å². The largest absolute Gasteiger partial charge is 0.365 e. The molecule has 8 nitrogen and oxygen atoms in total. The van der Waals surface area contributed by atoms with Crippen LogP contribution in [0.3, 0.4) is 0 Å². The Labute approximate surface area is 94.5 Å². The molecule has 0 aliphatic heterocycles. The van der Waals surface area contributed by atoms with Crippen LogP contribution in [-0.4, -0.2) is 29.9 Å². The van der Waals surface area contributed by atoms with Gasteiger partial charge in [-0.3, -0.25) is 19.9 Å². The van der Waals surface area contributed by atoms with Crippen LogP contribution in [0.15, 0.2) is 16.4 Å². The van der Waals surface area contributed by atoms with E-state index in [0.29, 0.717) is 11.3 Å². The molecule has 1 rings (SSSR count). The van der Waals surface area contributed by atoms with Gasteiger partial charge in [0, 0.05) is 14.1 Å². The molecule has 16 heavy (non-hydrogen) atoms. The van der Waals surface area contributed by atoms with Crippen LogP contribution in [0.25, 0.3) is 0 Å². The van der Waals surface area contributed by atoms with Gasteiger partial charge in [0.25, 0.3) is 5.91 Å². The Morgan fingerprint density at radius 3 is 2.69 bits per heavy atom. The number of nitrogens with zero attached hydrogens (tertiary/aromatic N) is 4. The van der Waals surface area contributed by atoms with Crippen molar-refractivity contribution in [3.8, 4) is 0 Å². The normalized spacial score (nSPS) is 10.6. The summed E-state index contributed by atoms with van der Waals surface area (Å²) in [5, 5.41) is 19.0. The molecule has 0 saturated heterocycles. The zero-order valence-corrected chi connectivity index (χ0v) is 9.39. The third-order valence-electron chi connectivity index (χ3n) is 1.43. The second-order valence-electron chi connectivity index (χ2n) is 2.96. The minimum Gasteiger partial charge on any atom is -0.365 e. The highest BCUT2D eigenvalue weighted by molar-refractivity contribution is 7.17. The van der Waals surface area contributed by atoms with E-state index < -0.39 is 10.8 Å². The maximum atomic E-state index is 11.0. The Morgan fingerprint density at radius 2 is 2.25 bits per heavy atom. The summed E-state index contributed by atoms with van der Waals surface area (Å²) in [7, 11) is 3.27. The van der Waals surface area contributed by atoms with Gasteiger partial charge >= 0.3 is 5.00 Å². The fraction of sp³-hybridized carbons (Fsp3) is 0.286. The molecular weight excluding hydrogens is 234 g/mol. The van der Waals surface area contributed by atoms with E-state index in [4.69, 9.17) is 5.73 Å². The smallest absolute Gasteiger partial charge is 0.327 e. The van der Waals surface area contributed by atoms with Crippen LogP contribution >= 0.6 is 11.3 Å². The maximum Gasteiger partial charge on any atom is 0.327 e. The molecule has 0 atom stereocenters. The summed E-state index contributed by atoms with van der Waals surface area (Å²) >= 11 is 0.681.